The molecule has 1 atom stereocenters. The van der Waals surface area contributed by atoms with Crippen LogP contribution in [0.2, 0.25) is 0 Å². The first-order chi connectivity index (χ1) is 12.0. The van der Waals surface area contributed by atoms with Gasteiger partial charge in [0.1, 0.15) is 5.60 Å². The van der Waals surface area contributed by atoms with Crippen LogP contribution in [-0.4, -0.2) is 29.6 Å². The summed E-state index contributed by atoms with van der Waals surface area (Å²) >= 11 is 1.72. The van der Waals surface area contributed by atoms with Crippen LogP contribution in [0.5, 0.6) is 11.5 Å². The van der Waals surface area contributed by atoms with Crippen LogP contribution in [0.3, 0.4) is 0 Å². The number of carbonyl (C=O) groups excluding carboxylic acids is 1. The summed E-state index contributed by atoms with van der Waals surface area (Å²) in [6.07, 6.45) is 2.94. The monoisotopic (exact) mass is 357 g/mol. The fourth-order valence-corrected chi connectivity index (χ4v) is 4.64. The summed E-state index contributed by atoms with van der Waals surface area (Å²) < 4.78 is 11.9. The van der Waals surface area contributed by atoms with Gasteiger partial charge in [0.25, 0.3) is 5.91 Å². The third-order valence-electron chi connectivity index (χ3n) is 4.85. The Bertz CT molecular complexity index is 769. The highest BCUT2D eigenvalue weighted by Gasteiger charge is 2.33. The smallest absolute Gasteiger partial charge is 0.261 e. The van der Waals surface area contributed by atoms with Gasteiger partial charge in [-0.1, -0.05) is 18.2 Å². The summed E-state index contributed by atoms with van der Waals surface area (Å²) in [7, 11) is 0. The molecule has 0 N–H and O–H groups in total. The normalized spacial score (nSPS) is 21.0. The first kappa shape index (κ1) is 16.5. The second kappa shape index (κ2) is 6.37. The topological polar surface area (TPSA) is 38.8 Å². The molecule has 4 rings (SSSR count). The molecule has 0 spiro atoms. The van der Waals surface area contributed by atoms with Gasteiger partial charge in [0.05, 0.1) is 6.04 Å². The molecule has 1 saturated heterocycles. The van der Waals surface area contributed by atoms with Gasteiger partial charge in [-0.25, -0.2) is 0 Å². The van der Waals surface area contributed by atoms with Crippen LogP contribution in [0.1, 0.15) is 43.2 Å². The van der Waals surface area contributed by atoms with Crippen LogP contribution in [0.25, 0.3) is 0 Å². The Morgan fingerprint density at radius 3 is 3.04 bits per heavy atom. The Labute approximate surface area is 152 Å². The van der Waals surface area contributed by atoms with Crippen molar-refractivity contribution in [1.82, 2.24) is 4.90 Å². The summed E-state index contributed by atoms with van der Waals surface area (Å²) in [5.41, 5.74) is 0.929. The van der Waals surface area contributed by atoms with E-state index >= 15 is 0 Å². The molecule has 1 amide bonds. The van der Waals surface area contributed by atoms with Crippen molar-refractivity contribution in [2.24, 2.45) is 0 Å². The van der Waals surface area contributed by atoms with Crippen molar-refractivity contribution in [2.75, 3.05) is 13.2 Å². The molecule has 2 aliphatic heterocycles. The molecule has 0 radical (unpaired) electrons. The molecule has 25 heavy (non-hydrogen) atoms. The highest BCUT2D eigenvalue weighted by atomic mass is 32.1. The molecule has 132 valence electrons. The summed E-state index contributed by atoms with van der Waals surface area (Å²) in [4.78, 5) is 15.9. The number of hydrogen-bond acceptors (Lipinski definition) is 4. The Hall–Kier alpha value is -2.01. The van der Waals surface area contributed by atoms with Crippen LogP contribution >= 0.6 is 11.3 Å². The number of thiophene rings is 1. The number of para-hydroxylation sites is 1. The number of benzene rings is 1. The van der Waals surface area contributed by atoms with Crippen molar-refractivity contribution in [3.63, 3.8) is 0 Å². The molecule has 0 bridgehead atoms. The first-order valence-corrected chi connectivity index (χ1v) is 9.68. The van der Waals surface area contributed by atoms with Gasteiger partial charge < -0.3 is 14.4 Å². The van der Waals surface area contributed by atoms with Crippen molar-refractivity contribution in [1.29, 1.82) is 0 Å². The number of nitrogens with zero attached hydrogens (tertiary/aromatic N) is 1. The van der Waals surface area contributed by atoms with E-state index in [1.165, 1.54) is 4.88 Å². The fraction of sp³-hybridized carbons (Fsp3) is 0.450. The van der Waals surface area contributed by atoms with E-state index in [0.29, 0.717) is 5.75 Å². The lowest BCUT2D eigenvalue weighted by molar-refractivity contribution is -0.134. The summed E-state index contributed by atoms with van der Waals surface area (Å²) in [5, 5.41) is 2.07. The molecule has 3 heterocycles. The van der Waals surface area contributed by atoms with E-state index in [1.54, 1.807) is 11.3 Å². The minimum Gasteiger partial charge on any atom is -0.483 e. The number of rotatable bonds is 4. The Balaban J connectivity index is 1.44. The number of ether oxygens (including phenoxy) is 2. The van der Waals surface area contributed by atoms with Gasteiger partial charge in [-0.2, -0.15) is 0 Å². The van der Waals surface area contributed by atoms with Crippen LogP contribution in [0.4, 0.5) is 0 Å². The van der Waals surface area contributed by atoms with Gasteiger partial charge >= 0.3 is 0 Å². The molecule has 1 fully saturated rings. The zero-order valence-electron chi connectivity index (χ0n) is 14.7. The maximum absolute atomic E-state index is 12.7. The fourth-order valence-electron chi connectivity index (χ4n) is 3.77. The van der Waals surface area contributed by atoms with Crippen molar-refractivity contribution < 1.29 is 14.3 Å². The van der Waals surface area contributed by atoms with Crippen LogP contribution in [-0.2, 0) is 11.2 Å². The Morgan fingerprint density at radius 2 is 2.24 bits per heavy atom. The third-order valence-corrected chi connectivity index (χ3v) is 5.82. The minimum atomic E-state index is -0.217. The molecule has 1 aromatic carbocycles. The van der Waals surface area contributed by atoms with E-state index in [4.69, 9.17) is 9.47 Å². The van der Waals surface area contributed by atoms with Crippen molar-refractivity contribution in [3.05, 3.63) is 46.2 Å². The lowest BCUT2D eigenvalue weighted by atomic mass is 10.0. The number of likely N-dealkylation sites (tertiary alicyclic amines) is 1. The van der Waals surface area contributed by atoms with Gasteiger partial charge in [-0.15, -0.1) is 11.3 Å². The summed E-state index contributed by atoms with van der Waals surface area (Å²) in [5.74, 6) is 1.51. The number of fused-ring (bicyclic) bond motifs is 1. The number of hydrogen-bond donors (Lipinski definition) is 0. The van der Waals surface area contributed by atoms with E-state index in [9.17, 15) is 4.79 Å². The maximum Gasteiger partial charge on any atom is 0.261 e. The van der Waals surface area contributed by atoms with Gasteiger partial charge in [-0.05, 0) is 44.2 Å². The number of amides is 1. The van der Waals surface area contributed by atoms with Crippen molar-refractivity contribution in [3.8, 4) is 11.5 Å². The standard InChI is InChI=1S/C20H23NO3S/c1-20(2)12-14-6-3-8-16(19(14)24-20)23-13-18(22)21-10-4-7-15(21)17-9-5-11-25-17/h3,5-6,8-9,11,15H,4,7,10,12-13H2,1-2H3/t15-/m0/s1. The molecule has 5 heteroatoms. The molecule has 0 unspecified atom stereocenters. The third kappa shape index (κ3) is 3.25. The molecule has 2 aliphatic rings. The van der Waals surface area contributed by atoms with E-state index < -0.39 is 0 Å². The highest BCUT2D eigenvalue weighted by Crippen LogP contribution is 2.42. The molecule has 1 aromatic heterocycles. The molecule has 4 nitrogen and oxygen atoms in total. The summed E-state index contributed by atoms with van der Waals surface area (Å²) in [6.45, 7) is 5.00. The van der Waals surface area contributed by atoms with Crippen LogP contribution in [0.15, 0.2) is 35.7 Å². The van der Waals surface area contributed by atoms with Crippen LogP contribution < -0.4 is 9.47 Å². The second-order valence-electron chi connectivity index (χ2n) is 7.33. The zero-order valence-corrected chi connectivity index (χ0v) is 15.5. The Morgan fingerprint density at radius 1 is 1.36 bits per heavy atom. The Kier molecular flexibility index (Phi) is 4.20. The van der Waals surface area contributed by atoms with Crippen molar-refractivity contribution in [2.45, 2.75) is 44.8 Å². The first-order valence-electron chi connectivity index (χ1n) is 8.80. The zero-order chi connectivity index (χ0) is 17.4. The van der Waals surface area contributed by atoms with E-state index in [-0.39, 0.29) is 24.2 Å². The van der Waals surface area contributed by atoms with Crippen molar-refractivity contribution >= 4 is 17.2 Å². The molecule has 2 aromatic rings. The van der Waals surface area contributed by atoms with Crippen LogP contribution in [0, 0.1) is 0 Å². The number of carbonyl (C=O) groups is 1. The molecule has 0 saturated carbocycles. The second-order valence-corrected chi connectivity index (χ2v) is 8.31. The van der Waals surface area contributed by atoms with E-state index in [1.807, 2.05) is 23.1 Å². The largest absolute Gasteiger partial charge is 0.483 e. The predicted molar refractivity (Wildman–Crippen MR) is 98.4 cm³/mol. The van der Waals surface area contributed by atoms with Gasteiger partial charge in [-0.3, -0.25) is 4.79 Å². The maximum atomic E-state index is 12.7. The van der Waals surface area contributed by atoms with Gasteiger partial charge in [0.15, 0.2) is 18.1 Å². The lowest BCUT2D eigenvalue weighted by Crippen LogP contribution is -2.34. The lowest BCUT2D eigenvalue weighted by Gasteiger charge is -2.24. The quantitative estimate of drug-likeness (QED) is 0.823. The highest BCUT2D eigenvalue weighted by molar-refractivity contribution is 7.10. The average molecular weight is 357 g/mol. The molecule has 0 aliphatic carbocycles. The average Bonchev–Trinajstić information content (AvgIpc) is 3.29. The van der Waals surface area contributed by atoms with Gasteiger partial charge in [0.2, 0.25) is 0 Å². The summed E-state index contributed by atoms with van der Waals surface area (Å²) in [6, 6.07) is 10.3. The van der Waals surface area contributed by atoms with E-state index in [0.717, 1.165) is 37.1 Å². The molecular formula is C20H23NO3S. The van der Waals surface area contributed by atoms with E-state index in [2.05, 4.69) is 31.4 Å². The molecular weight excluding hydrogens is 334 g/mol. The SMILES string of the molecule is CC1(C)Cc2cccc(OCC(=O)N3CCC[C@H]3c3cccs3)c2O1. The van der Waals surface area contributed by atoms with Gasteiger partial charge in [0, 0.05) is 23.4 Å². The predicted octanol–water partition coefficient (Wildman–Crippen LogP) is 4.20. The minimum absolute atomic E-state index is 0.0470.